The zero-order chi connectivity index (χ0) is 15.2. The van der Waals surface area contributed by atoms with Gasteiger partial charge in [-0.2, -0.15) is 0 Å². The minimum absolute atomic E-state index is 0.0202. The van der Waals surface area contributed by atoms with Gasteiger partial charge in [-0.05, 0) is 52.4 Å². The van der Waals surface area contributed by atoms with E-state index >= 15 is 0 Å². The second-order valence-corrected chi connectivity index (χ2v) is 6.43. The van der Waals surface area contributed by atoms with Crippen molar-refractivity contribution in [2.24, 2.45) is 0 Å². The molecule has 1 aromatic rings. The van der Waals surface area contributed by atoms with Gasteiger partial charge >= 0.3 is 0 Å². The molecular formula is C16H22BrNO3. The summed E-state index contributed by atoms with van der Waals surface area (Å²) in [5.74, 6) is 1.03. The smallest absolute Gasteiger partial charge is 0.258 e. The first-order valence-corrected chi connectivity index (χ1v) is 8.16. The van der Waals surface area contributed by atoms with Crippen molar-refractivity contribution in [3.63, 3.8) is 0 Å². The van der Waals surface area contributed by atoms with E-state index in [0.29, 0.717) is 18.2 Å². The van der Waals surface area contributed by atoms with Crippen LogP contribution in [0.2, 0.25) is 0 Å². The molecule has 1 fully saturated rings. The topological polar surface area (TPSA) is 47.6 Å². The van der Waals surface area contributed by atoms with Crippen molar-refractivity contribution >= 4 is 21.8 Å². The van der Waals surface area contributed by atoms with E-state index in [1.807, 2.05) is 18.2 Å². The summed E-state index contributed by atoms with van der Waals surface area (Å²) in [6.07, 6.45) is 2.25. The molecular weight excluding hydrogens is 334 g/mol. The molecule has 0 aromatic heterocycles. The predicted octanol–water partition coefficient (Wildman–Crippen LogP) is 3.25. The van der Waals surface area contributed by atoms with Gasteiger partial charge in [0.15, 0.2) is 6.61 Å². The number of benzene rings is 1. The van der Waals surface area contributed by atoms with E-state index in [9.17, 15) is 4.79 Å². The normalized spacial score (nSPS) is 18.0. The summed E-state index contributed by atoms with van der Waals surface area (Å²) in [7, 11) is 0. The summed E-state index contributed by atoms with van der Waals surface area (Å²) < 4.78 is 11.9. The lowest BCUT2D eigenvalue weighted by atomic mass is 10.0. The van der Waals surface area contributed by atoms with Gasteiger partial charge in [0.25, 0.3) is 5.91 Å². The Morgan fingerprint density at radius 1 is 1.52 bits per heavy atom. The van der Waals surface area contributed by atoms with Crippen LogP contribution in [0, 0.1) is 0 Å². The van der Waals surface area contributed by atoms with Crippen LogP contribution < -0.4 is 10.1 Å². The van der Waals surface area contributed by atoms with Crippen molar-refractivity contribution in [3.05, 3.63) is 28.2 Å². The molecule has 1 amide bonds. The highest BCUT2D eigenvalue weighted by Gasteiger charge is 2.16. The molecule has 1 N–H and O–H groups in total. The zero-order valence-corrected chi connectivity index (χ0v) is 14.1. The molecule has 1 aromatic carbocycles. The Morgan fingerprint density at radius 2 is 2.33 bits per heavy atom. The lowest BCUT2D eigenvalue weighted by molar-refractivity contribution is -0.123. The number of nitrogens with one attached hydrogen (secondary N) is 1. The summed E-state index contributed by atoms with van der Waals surface area (Å²) >= 11 is 3.48. The van der Waals surface area contributed by atoms with Gasteiger partial charge in [-0.1, -0.05) is 19.9 Å². The van der Waals surface area contributed by atoms with Gasteiger partial charge in [-0.25, -0.2) is 0 Å². The predicted molar refractivity (Wildman–Crippen MR) is 85.7 cm³/mol. The molecule has 1 saturated heterocycles. The quantitative estimate of drug-likeness (QED) is 0.851. The molecule has 1 heterocycles. The lowest BCUT2D eigenvalue weighted by Crippen LogP contribution is -2.35. The van der Waals surface area contributed by atoms with Crippen LogP contribution in [0.3, 0.4) is 0 Å². The van der Waals surface area contributed by atoms with Gasteiger partial charge in [0.05, 0.1) is 10.6 Å². The first kappa shape index (κ1) is 16.3. The summed E-state index contributed by atoms with van der Waals surface area (Å²) in [6, 6.07) is 5.95. The van der Waals surface area contributed by atoms with Gasteiger partial charge in [-0.15, -0.1) is 0 Å². The van der Waals surface area contributed by atoms with E-state index in [4.69, 9.17) is 9.47 Å². The third kappa shape index (κ3) is 5.00. The third-order valence-electron chi connectivity index (χ3n) is 3.53. The van der Waals surface area contributed by atoms with Crippen molar-refractivity contribution in [2.75, 3.05) is 19.8 Å². The Balaban J connectivity index is 1.77. The molecule has 4 nitrogen and oxygen atoms in total. The molecule has 0 aliphatic carbocycles. The molecule has 0 bridgehead atoms. The van der Waals surface area contributed by atoms with E-state index in [0.717, 1.165) is 23.9 Å². The lowest BCUT2D eigenvalue weighted by Gasteiger charge is -2.13. The Hall–Kier alpha value is -1.07. The Kier molecular flexibility index (Phi) is 6.06. The largest absolute Gasteiger partial charge is 0.483 e. The van der Waals surface area contributed by atoms with Crippen molar-refractivity contribution in [2.45, 2.75) is 38.7 Å². The monoisotopic (exact) mass is 355 g/mol. The number of halogens is 1. The summed E-state index contributed by atoms with van der Waals surface area (Å²) in [5, 5.41) is 2.84. The van der Waals surface area contributed by atoms with Gasteiger partial charge < -0.3 is 14.8 Å². The van der Waals surface area contributed by atoms with E-state index in [2.05, 4.69) is 35.1 Å². The molecule has 21 heavy (non-hydrogen) atoms. The molecule has 1 aliphatic heterocycles. The number of carbonyl (C=O) groups is 1. The zero-order valence-electron chi connectivity index (χ0n) is 12.5. The van der Waals surface area contributed by atoms with Crippen molar-refractivity contribution in [1.29, 1.82) is 0 Å². The van der Waals surface area contributed by atoms with E-state index in [1.54, 1.807) is 0 Å². The molecule has 1 atom stereocenters. The Morgan fingerprint density at radius 3 is 2.95 bits per heavy atom. The minimum Gasteiger partial charge on any atom is -0.483 e. The Bertz CT molecular complexity index is 484. The fourth-order valence-electron chi connectivity index (χ4n) is 2.22. The van der Waals surface area contributed by atoms with Crippen LogP contribution in [0.15, 0.2) is 22.7 Å². The maximum atomic E-state index is 11.8. The highest BCUT2D eigenvalue weighted by molar-refractivity contribution is 9.10. The summed E-state index contributed by atoms with van der Waals surface area (Å²) in [5.41, 5.74) is 1.23. The molecule has 116 valence electrons. The number of hydrogen-bond acceptors (Lipinski definition) is 3. The molecule has 0 saturated carbocycles. The second kappa shape index (κ2) is 7.80. The fraction of sp³-hybridized carbons (Fsp3) is 0.562. The summed E-state index contributed by atoms with van der Waals surface area (Å²) in [6.45, 7) is 5.66. The standard InChI is InChI=1S/C16H22BrNO3/c1-11(2)12-5-6-15(14(17)8-12)21-10-16(19)18-9-13-4-3-7-20-13/h5-6,8,11,13H,3-4,7,9-10H2,1-2H3,(H,18,19)/t13-/m1/s1. The van der Waals surface area contributed by atoms with E-state index < -0.39 is 0 Å². The van der Waals surface area contributed by atoms with Crippen molar-refractivity contribution < 1.29 is 14.3 Å². The molecule has 2 rings (SSSR count). The van der Waals surface area contributed by atoms with Crippen LogP contribution in [0.25, 0.3) is 0 Å². The highest BCUT2D eigenvalue weighted by Crippen LogP contribution is 2.28. The SMILES string of the molecule is CC(C)c1ccc(OCC(=O)NC[C@H]2CCCO2)c(Br)c1. The first-order valence-electron chi connectivity index (χ1n) is 7.37. The molecule has 0 spiro atoms. The van der Waals surface area contributed by atoms with Crippen LogP contribution in [0.5, 0.6) is 5.75 Å². The van der Waals surface area contributed by atoms with E-state index in [-0.39, 0.29) is 18.6 Å². The molecule has 1 aliphatic rings. The fourth-order valence-corrected chi connectivity index (χ4v) is 2.73. The Labute approximate surface area is 134 Å². The minimum atomic E-state index is -0.120. The number of rotatable bonds is 6. The maximum Gasteiger partial charge on any atom is 0.258 e. The second-order valence-electron chi connectivity index (χ2n) is 5.57. The molecule has 5 heteroatoms. The van der Waals surface area contributed by atoms with Crippen LogP contribution in [-0.4, -0.2) is 31.8 Å². The van der Waals surface area contributed by atoms with Gasteiger partial charge in [0, 0.05) is 13.2 Å². The van der Waals surface area contributed by atoms with Crippen LogP contribution in [0.1, 0.15) is 38.2 Å². The van der Waals surface area contributed by atoms with Crippen molar-refractivity contribution in [3.8, 4) is 5.75 Å². The summed E-state index contributed by atoms with van der Waals surface area (Å²) in [4.78, 5) is 11.8. The van der Waals surface area contributed by atoms with Gasteiger partial charge in [0.2, 0.25) is 0 Å². The van der Waals surface area contributed by atoms with Crippen molar-refractivity contribution in [1.82, 2.24) is 5.32 Å². The van der Waals surface area contributed by atoms with Crippen LogP contribution in [-0.2, 0) is 9.53 Å². The number of carbonyl (C=O) groups excluding carboxylic acids is 1. The number of hydrogen-bond donors (Lipinski definition) is 1. The number of amides is 1. The number of ether oxygens (including phenoxy) is 2. The third-order valence-corrected chi connectivity index (χ3v) is 4.15. The molecule has 0 unspecified atom stereocenters. The van der Waals surface area contributed by atoms with Gasteiger partial charge in [0.1, 0.15) is 5.75 Å². The van der Waals surface area contributed by atoms with E-state index in [1.165, 1.54) is 5.56 Å². The van der Waals surface area contributed by atoms with Crippen LogP contribution in [0.4, 0.5) is 0 Å². The van der Waals surface area contributed by atoms with Gasteiger partial charge in [-0.3, -0.25) is 4.79 Å². The first-order chi connectivity index (χ1) is 10.1. The highest BCUT2D eigenvalue weighted by atomic mass is 79.9. The van der Waals surface area contributed by atoms with Crippen LogP contribution >= 0.6 is 15.9 Å². The average Bonchev–Trinajstić information content (AvgIpc) is 2.97. The molecule has 0 radical (unpaired) electrons. The average molecular weight is 356 g/mol. The maximum absolute atomic E-state index is 11.8.